The van der Waals surface area contributed by atoms with Crippen LogP contribution in [0.3, 0.4) is 0 Å². The maximum Gasteiger partial charge on any atom is 0.225 e. The largest absolute Gasteiger partial charge is 0.309 e. The Bertz CT molecular complexity index is 399. The van der Waals surface area contributed by atoms with Crippen LogP contribution in [0, 0.1) is 0 Å². The summed E-state index contributed by atoms with van der Waals surface area (Å²) in [5.41, 5.74) is 0. The van der Waals surface area contributed by atoms with Crippen molar-refractivity contribution in [2.75, 3.05) is 5.32 Å². The van der Waals surface area contributed by atoms with Gasteiger partial charge in [0.05, 0.1) is 0 Å². The number of carbonyl (C=O) groups is 1. The van der Waals surface area contributed by atoms with Gasteiger partial charge in [0.1, 0.15) is 11.3 Å². The number of nitrogens with zero attached hydrogens (tertiary/aromatic N) is 2. The molecule has 0 saturated carbocycles. The van der Waals surface area contributed by atoms with Crippen LogP contribution in [0.5, 0.6) is 0 Å². The van der Waals surface area contributed by atoms with Crippen LogP contribution in [0.15, 0.2) is 6.33 Å². The number of carbonyl (C=O) groups excluding carboxylic acids is 1. The molecule has 18 heavy (non-hydrogen) atoms. The third kappa shape index (κ3) is 5.19. The summed E-state index contributed by atoms with van der Waals surface area (Å²) in [6.07, 6.45) is 7.27. The Morgan fingerprint density at radius 1 is 1.22 bits per heavy atom. The highest BCUT2D eigenvalue weighted by Crippen LogP contribution is 2.25. The molecular formula is C12H17Cl2N3O. The van der Waals surface area contributed by atoms with Crippen LogP contribution >= 0.6 is 23.2 Å². The van der Waals surface area contributed by atoms with Gasteiger partial charge in [-0.3, -0.25) is 4.79 Å². The summed E-state index contributed by atoms with van der Waals surface area (Å²) in [7, 11) is 0. The van der Waals surface area contributed by atoms with E-state index in [-0.39, 0.29) is 21.9 Å². The molecule has 0 bridgehead atoms. The molecule has 4 nitrogen and oxygen atoms in total. The summed E-state index contributed by atoms with van der Waals surface area (Å²) in [6, 6.07) is 0. The Hall–Kier alpha value is -0.870. The lowest BCUT2D eigenvalue weighted by molar-refractivity contribution is -0.116. The number of hydrogen-bond acceptors (Lipinski definition) is 3. The third-order valence-electron chi connectivity index (χ3n) is 2.51. The lowest BCUT2D eigenvalue weighted by Crippen LogP contribution is -2.12. The number of hydrogen-bond donors (Lipinski definition) is 1. The van der Waals surface area contributed by atoms with Gasteiger partial charge in [0.25, 0.3) is 0 Å². The Kier molecular flexibility index (Phi) is 6.98. The molecule has 0 saturated heterocycles. The van der Waals surface area contributed by atoms with Crippen molar-refractivity contribution in [1.82, 2.24) is 9.97 Å². The van der Waals surface area contributed by atoms with Gasteiger partial charge in [0, 0.05) is 6.42 Å². The molecule has 1 amide bonds. The van der Waals surface area contributed by atoms with Crippen molar-refractivity contribution >= 4 is 34.9 Å². The fourth-order valence-corrected chi connectivity index (χ4v) is 1.80. The Labute approximate surface area is 117 Å². The molecule has 1 heterocycles. The normalized spacial score (nSPS) is 10.4. The minimum atomic E-state index is -0.0943. The molecule has 0 aromatic carbocycles. The molecule has 6 heteroatoms. The molecule has 100 valence electrons. The van der Waals surface area contributed by atoms with E-state index in [2.05, 4.69) is 22.2 Å². The second-order valence-electron chi connectivity index (χ2n) is 4.04. The van der Waals surface area contributed by atoms with Gasteiger partial charge in [-0.15, -0.1) is 0 Å². The first kappa shape index (κ1) is 15.2. The summed E-state index contributed by atoms with van der Waals surface area (Å²) in [5, 5.41) is 2.96. The average molecular weight is 290 g/mol. The van der Waals surface area contributed by atoms with Gasteiger partial charge < -0.3 is 5.32 Å². The fourth-order valence-electron chi connectivity index (χ4n) is 1.52. The molecule has 0 spiro atoms. The van der Waals surface area contributed by atoms with Gasteiger partial charge in [0.2, 0.25) is 5.91 Å². The fraction of sp³-hybridized carbons (Fsp3) is 0.583. The summed E-state index contributed by atoms with van der Waals surface area (Å²) in [5.74, 6) is 0.179. The Balaban J connectivity index is 2.34. The Morgan fingerprint density at radius 2 is 1.94 bits per heavy atom. The summed E-state index contributed by atoms with van der Waals surface area (Å²) >= 11 is 11.6. The average Bonchev–Trinajstić information content (AvgIpc) is 2.35. The molecule has 1 N–H and O–H groups in total. The quantitative estimate of drug-likeness (QED) is 0.608. The lowest BCUT2D eigenvalue weighted by Gasteiger charge is -2.06. The maximum absolute atomic E-state index is 11.6. The number of unbranched alkanes of at least 4 members (excludes halogenated alkanes) is 4. The summed E-state index contributed by atoms with van der Waals surface area (Å²) in [4.78, 5) is 19.2. The smallest absolute Gasteiger partial charge is 0.225 e. The van der Waals surface area contributed by atoms with E-state index in [9.17, 15) is 4.79 Å². The minimum absolute atomic E-state index is 0.0943. The molecule has 1 aromatic rings. The van der Waals surface area contributed by atoms with Crippen LogP contribution in [-0.4, -0.2) is 15.9 Å². The molecule has 0 unspecified atom stereocenters. The standard InChI is InChI=1S/C12H17Cl2N3O/c1-2-3-4-5-6-7-9(18)17-12-10(13)11(14)15-8-16-12/h8H,2-7H2,1H3,(H,15,16,17,18). The van der Waals surface area contributed by atoms with Crippen LogP contribution < -0.4 is 5.32 Å². The van der Waals surface area contributed by atoms with Crippen molar-refractivity contribution in [2.45, 2.75) is 45.4 Å². The monoisotopic (exact) mass is 289 g/mol. The first-order chi connectivity index (χ1) is 8.65. The molecule has 0 aliphatic heterocycles. The lowest BCUT2D eigenvalue weighted by atomic mass is 10.1. The molecular weight excluding hydrogens is 273 g/mol. The van der Waals surface area contributed by atoms with Crippen LogP contribution in [0.1, 0.15) is 45.4 Å². The second kappa shape index (κ2) is 8.27. The predicted octanol–water partition coefficient (Wildman–Crippen LogP) is 4.08. The molecule has 0 radical (unpaired) electrons. The first-order valence-corrected chi connectivity index (χ1v) is 6.86. The zero-order chi connectivity index (χ0) is 13.4. The van der Waals surface area contributed by atoms with Crippen LogP contribution in [0.4, 0.5) is 5.82 Å². The van der Waals surface area contributed by atoms with Crippen molar-refractivity contribution in [3.8, 4) is 0 Å². The predicted molar refractivity (Wildman–Crippen MR) is 74.1 cm³/mol. The van der Waals surface area contributed by atoms with E-state index < -0.39 is 0 Å². The number of nitrogens with one attached hydrogen (secondary N) is 1. The van der Waals surface area contributed by atoms with Gasteiger partial charge >= 0.3 is 0 Å². The molecule has 0 aliphatic carbocycles. The first-order valence-electron chi connectivity index (χ1n) is 6.11. The number of halogens is 2. The van der Waals surface area contributed by atoms with Crippen molar-refractivity contribution in [2.24, 2.45) is 0 Å². The number of rotatable bonds is 7. The van der Waals surface area contributed by atoms with Crippen molar-refractivity contribution in [3.05, 3.63) is 16.5 Å². The zero-order valence-corrected chi connectivity index (χ0v) is 11.9. The highest BCUT2D eigenvalue weighted by molar-refractivity contribution is 6.42. The van der Waals surface area contributed by atoms with E-state index in [1.807, 2.05) is 0 Å². The van der Waals surface area contributed by atoms with Gasteiger partial charge in [-0.05, 0) is 6.42 Å². The van der Waals surface area contributed by atoms with Gasteiger partial charge in [-0.2, -0.15) is 0 Å². The zero-order valence-electron chi connectivity index (χ0n) is 10.4. The SMILES string of the molecule is CCCCCCCC(=O)Nc1ncnc(Cl)c1Cl. The highest BCUT2D eigenvalue weighted by Gasteiger charge is 2.10. The number of anilines is 1. The van der Waals surface area contributed by atoms with Crippen LogP contribution in [-0.2, 0) is 4.79 Å². The van der Waals surface area contributed by atoms with E-state index in [4.69, 9.17) is 23.2 Å². The van der Waals surface area contributed by atoms with Crippen molar-refractivity contribution in [3.63, 3.8) is 0 Å². The van der Waals surface area contributed by atoms with Crippen molar-refractivity contribution in [1.29, 1.82) is 0 Å². The molecule has 1 rings (SSSR count). The van der Waals surface area contributed by atoms with E-state index in [0.29, 0.717) is 6.42 Å². The van der Waals surface area contributed by atoms with E-state index in [0.717, 1.165) is 12.8 Å². The Morgan fingerprint density at radius 3 is 2.67 bits per heavy atom. The molecule has 0 atom stereocenters. The molecule has 1 aromatic heterocycles. The van der Waals surface area contributed by atoms with Crippen molar-refractivity contribution < 1.29 is 4.79 Å². The van der Waals surface area contributed by atoms with Gasteiger partial charge in [0.15, 0.2) is 11.0 Å². The molecule has 0 aliphatic rings. The second-order valence-corrected chi connectivity index (χ2v) is 4.78. The molecule has 0 fully saturated rings. The number of aromatic nitrogens is 2. The van der Waals surface area contributed by atoms with Crippen LogP contribution in [0.2, 0.25) is 10.2 Å². The highest BCUT2D eigenvalue weighted by atomic mass is 35.5. The summed E-state index contributed by atoms with van der Waals surface area (Å²) < 4.78 is 0. The van der Waals surface area contributed by atoms with Crippen LogP contribution in [0.25, 0.3) is 0 Å². The van der Waals surface area contributed by atoms with Gasteiger partial charge in [-0.25, -0.2) is 9.97 Å². The summed E-state index contributed by atoms with van der Waals surface area (Å²) in [6.45, 7) is 2.16. The van der Waals surface area contributed by atoms with E-state index in [1.54, 1.807) is 0 Å². The van der Waals surface area contributed by atoms with Gasteiger partial charge in [-0.1, -0.05) is 55.8 Å². The number of amides is 1. The minimum Gasteiger partial charge on any atom is -0.309 e. The third-order valence-corrected chi connectivity index (χ3v) is 3.25. The maximum atomic E-state index is 11.6. The van der Waals surface area contributed by atoms with E-state index >= 15 is 0 Å². The topological polar surface area (TPSA) is 54.9 Å². The van der Waals surface area contributed by atoms with E-state index in [1.165, 1.54) is 25.6 Å².